The van der Waals surface area contributed by atoms with Crippen molar-refractivity contribution >= 4 is 0 Å². The molecule has 0 aliphatic rings. The highest BCUT2D eigenvalue weighted by molar-refractivity contribution is 4.74. The molecule has 0 fully saturated rings. The van der Waals surface area contributed by atoms with Crippen molar-refractivity contribution in [3.05, 3.63) is 0 Å². The second-order valence-corrected chi connectivity index (χ2v) is 5.49. The zero-order valence-electron chi connectivity index (χ0n) is 10.9. The molecule has 0 heterocycles. The highest BCUT2D eigenvalue weighted by Crippen LogP contribution is 2.04. The van der Waals surface area contributed by atoms with Gasteiger partial charge in [-0.3, -0.25) is 0 Å². The molecule has 0 rings (SSSR count). The summed E-state index contributed by atoms with van der Waals surface area (Å²) in [5.74, 6) is 0.576. The largest absolute Gasteiger partial charge is 0.396 e. The fourth-order valence-corrected chi connectivity index (χ4v) is 1.51. The first-order valence-corrected chi connectivity index (χ1v) is 5.96. The van der Waals surface area contributed by atoms with E-state index < -0.39 is 0 Å². The Labute approximate surface area is 94.6 Å². The summed E-state index contributed by atoms with van der Waals surface area (Å²) >= 11 is 0. The third-order valence-corrected chi connectivity index (χ3v) is 2.43. The molecule has 15 heavy (non-hydrogen) atoms. The van der Waals surface area contributed by atoms with E-state index in [1.54, 1.807) is 0 Å². The zero-order valence-corrected chi connectivity index (χ0v) is 10.9. The Kier molecular flexibility index (Phi) is 7.14. The molecule has 0 aliphatic carbocycles. The van der Waals surface area contributed by atoms with E-state index in [0.29, 0.717) is 12.0 Å². The van der Waals surface area contributed by atoms with Gasteiger partial charge in [-0.05, 0) is 33.1 Å². The molecule has 3 nitrogen and oxygen atoms in total. The van der Waals surface area contributed by atoms with Gasteiger partial charge in [0.1, 0.15) is 0 Å². The number of nitrogens with one attached hydrogen (secondary N) is 2. The van der Waals surface area contributed by atoms with Gasteiger partial charge < -0.3 is 15.7 Å². The molecule has 1 atom stereocenters. The Hall–Kier alpha value is -0.120. The fraction of sp³-hybridized carbons (Fsp3) is 1.00. The van der Waals surface area contributed by atoms with Crippen LogP contribution in [0.4, 0.5) is 0 Å². The molecule has 0 aliphatic heterocycles. The highest BCUT2D eigenvalue weighted by Gasteiger charge is 2.12. The second kappa shape index (κ2) is 7.20. The Bertz CT molecular complexity index is 152. The number of aliphatic hydroxyl groups excluding tert-OH is 1. The molecule has 0 radical (unpaired) electrons. The molecule has 0 saturated heterocycles. The molecule has 0 spiro atoms. The van der Waals surface area contributed by atoms with Gasteiger partial charge in [-0.25, -0.2) is 0 Å². The van der Waals surface area contributed by atoms with Crippen molar-refractivity contribution in [2.45, 2.75) is 52.6 Å². The normalized spacial score (nSPS) is 14.6. The summed E-state index contributed by atoms with van der Waals surface area (Å²) in [5, 5.41) is 15.8. The van der Waals surface area contributed by atoms with Crippen molar-refractivity contribution in [3.8, 4) is 0 Å². The molecule has 0 aromatic rings. The summed E-state index contributed by atoms with van der Waals surface area (Å²) in [6, 6.07) is 0.428. The first kappa shape index (κ1) is 14.9. The molecule has 0 amide bonds. The zero-order chi connectivity index (χ0) is 11.9. The van der Waals surface area contributed by atoms with Gasteiger partial charge in [0.15, 0.2) is 0 Å². The van der Waals surface area contributed by atoms with Crippen molar-refractivity contribution in [2.75, 3.05) is 19.7 Å². The van der Waals surface area contributed by atoms with Crippen molar-refractivity contribution in [1.82, 2.24) is 10.6 Å². The minimum absolute atomic E-state index is 0.186. The van der Waals surface area contributed by atoms with Crippen molar-refractivity contribution in [2.24, 2.45) is 5.92 Å². The van der Waals surface area contributed by atoms with Gasteiger partial charge in [0.25, 0.3) is 0 Å². The number of rotatable bonds is 7. The number of hydrogen-bond donors (Lipinski definition) is 3. The van der Waals surface area contributed by atoms with Gasteiger partial charge in [0.2, 0.25) is 0 Å². The third-order valence-electron chi connectivity index (χ3n) is 2.43. The lowest BCUT2D eigenvalue weighted by molar-refractivity contribution is 0.243. The van der Waals surface area contributed by atoms with Crippen molar-refractivity contribution < 1.29 is 5.11 Å². The summed E-state index contributed by atoms with van der Waals surface area (Å²) < 4.78 is 0. The van der Waals surface area contributed by atoms with Gasteiger partial charge in [-0.2, -0.15) is 0 Å². The van der Waals surface area contributed by atoms with E-state index in [2.05, 4.69) is 45.3 Å². The van der Waals surface area contributed by atoms with E-state index in [4.69, 9.17) is 5.11 Å². The predicted molar refractivity (Wildman–Crippen MR) is 66.1 cm³/mol. The lowest BCUT2D eigenvalue weighted by Crippen LogP contribution is -2.43. The molecule has 0 aromatic heterocycles. The molecule has 3 N–H and O–H groups in total. The lowest BCUT2D eigenvalue weighted by Gasteiger charge is -2.24. The summed E-state index contributed by atoms with van der Waals surface area (Å²) in [6.07, 6.45) is 0.840. The maximum atomic E-state index is 8.92. The van der Waals surface area contributed by atoms with Crippen LogP contribution in [0.5, 0.6) is 0 Å². The number of hydrogen-bond acceptors (Lipinski definition) is 3. The smallest absolute Gasteiger partial charge is 0.0445 e. The Morgan fingerprint density at radius 1 is 1.13 bits per heavy atom. The average Bonchev–Trinajstić information content (AvgIpc) is 2.08. The lowest BCUT2D eigenvalue weighted by atomic mass is 10.0. The minimum atomic E-state index is 0.186. The summed E-state index contributed by atoms with van der Waals surface area (Å²) in [7, 11) is 0. The van der Waals surface area contributed by atoms with Crippen LogP contribution in [-0.2, 0) is 0 Å². The van der Waals surface area contributed by atoms with Crippen LogP contribution in [0, 0.1) is 5.92 Å². The van der Waals surface area contributed by atoms with E-state index in [-0.39, 0.29) is 12.1 Å². The van der Waals surface area contributed by atoms with Crippen molar-refractivity contribution in [3.63, 3.8) is 0 Å². The van der Waals surface area contributed by atoms with Crippen LogP contribution in [0.15, 0.2) is 0 Å². The van der Waals surface area contributed by atoms with Gasteiger partial charge in [-0.15, -0.1) is 0 Å². The molecular weight excluding hydrogens is 188 g/mol. The minimum Gasteiger partial charge on any atom is -0.396 e. The summed E-state index contributed by atoms with van der Waals surface area (Å²) in [4.78, 5) is 0. The van der Waals surface area contributed by atoms with E-state index in [1.165, 1.54) is 0 Å². The number of aliphatic hydroxyl groups is 1. The quantitative estimate of drug-likeness (QED) is 0.563. The third kappa shape index (κ3) is 8.85. The highest BCUT2D eigenvalue weighted by atomic mass is 16.3. The van der Waals surface area contributed by atoms with Crippen LogP contribution in [-0.4, -0.2) is 36.4 Å². The first-order chi connectivity index (χ1) is 6.87. The van der Waals surface area contributed by atoms with E-state index >= 15 is 0 Å². The SMILES string of the molecule is CC(C)C(CCO)NCCNC(C)(C)C. The molecule has 1 unspecified atom stereocenters. The Balaban J connectivity index is 3.62. The van der Waals surface area contributed by atoms with E-state index in [9.17, 15) is 0 Å². The standard InChI is InChI=1S/C12H28N2O/c1-10(2)11(6-9-15)13-7-8-14-12(3,4)5/h10-11,13-15H,6-9H2,1-5H3. The monoisotopic (exact) mass is 216 g/mol. The van der Waals surface area contributed by atoms with Crippen LogP contribution in [0.3, 0.4) is 0 Å². The van der Waals surface area contributed by atoms with E-state index in [1.807, 2.05) is 0 Å². The summed E-state index contributed by atoms with van der Waals surface area (Å²) in [5.41, 5.74) is 0.186. The Morgan fingerprint density at radius 3 is 2.13 bits per heavy atom. The van der Waals surface area contributed by atoms with Crippen LogP contribution >= 0.6 is 0 Å². The molecule has 0 saturated carbocycles. The topological polar surface area (TPSA) is 44.3 Å². The van der Waals surface area contributed by atoms with Gasteiger partial charge in [0, 0.05) is 31.3 Å². The van der Waals surface area contributed by atoms with E-state index in [0.717, 1.165) is 19.5 Å². The van der Waals surface area contributed by atoms with Crippen LogP contribution in [0.1, 0.15) is 41.0 Å². The fourth-order valence-electron chi connectivity index (χ4n) is 1.51. The molecule has 92 valence electrons. The molecular formula is C12H28N2O. The maximum Gasteiger partial charge on any atom is 0.0445 e. The molecule has 0 bridgehead atoms. The predicted octanol–water partition coefficient (Wildman–Crippen LogP) is 1.37. The van der Waals surface area contributed by atoms with Crippen LogP contribution in [0.25, 0.3) is 0 Å². The van der Waals surface area contributed by atoms with Crippen molar-refractivity contribution in [1.29, 1.82) is 0 Å². The molecule has 0 aromatic carbocycles. The first-order valence-electron chi connectivity index (χ1n) is 5.96. The van der Waals surface area contributed by atoms with Gasteiger partial charge >= 0.3 is 0 Å². The van der Waals surface area contributed by atoms with Crippen LogP contribution < -0.4 is 10.6 Å². The molecule has 3 heteroatoms. The average molecular weight is 216 g/mol. The van der Waals surface area contributed by atoms with Gasteiger partial charge in [-0.1, -0.05) is 13.8 Å². The second-order valence-electron chi connectivity index (χ2n) is 5.49. The maximum absolute atomic E-state index is 8.92. The summed E-state index contributed by atoms with van der Waals surface area (Å²) in [6.45, 7) is 13.1. The van der Waals surface area contributed by atoms with Crippen LogP contribution in [0.2, 0.25) is 0 Å². The Morgan fingerprint density at radius 2 is 1.73 bits per heavy atom. The van der Waals surface area contributed by atoms with Gasteiger partial charge in [0.05, 0.1) is 0 Å².